The summed E-state index contributed by atoms with van der Waals surface area (Å²) in [4.78, 5) is 8.75. The van der Waals surface area contributed by atoms with Gasteiger partial charge >= 0.3 is 0 Å². The first-order valence-electron chi connectivity index (χ1n) is 10.8. The van der Waals surface area contributed by atoms with Gasteiger partial charge in [-0.1, -0.05) is 29.4 Å². The van der Waals surface area contributed by atoms with Gasteiger partial charge in [0.05, 0.1) is 18.3 Å². The van der Waals surface area contributed by atoms with E-state index in [0.717, 1.165) is 5.56 Å². The van der Waals surface area contributed by atoms with E-state index in [2.05, 4.69) is 19.8 Å². The van der Waals surface area contributed by atoms with Crippen LogP contribution in [0.5, 0.6) is 5.75 Å². The first kappa shape index (κ1) is 23.2. The van der Waals surface area contributed by atoms with Crippen LogP contribution in [0.4, 0.5) is 10.1 Å². The molecule has 0 fully saturated rings. The van der Waals surface area contributed by atoms with Crippen molar-refractivity contribution in [2.24, 2.45) is 0 Å². The monoisotopic (exact) mass is 505 g/mol. The van der Waals surface area contributed by atoms with E-state index in [-0.39, 0.29) is 22.4 Å². The summed E-state index contributed by atoms with van der Waals surface area (Å²) in [6.45, 7) is 0.489. The molecule has 0 atom stereocenters. The number of nitrogens with zero attached hydrogens (tertiary/aromatic N) is 4. The maximum atomic E-state index is 13.5. The van der Waals surface area contributed by atoms with Gasteiger partial charge in [0.15, 0.2) is 0 Å². The summed E-state index contributed by atoms with van der Waals surface area (Å²) in [6, 6.07) is 19.1. The van der Waals surface area contributed by atoms with Gasteiger partial charge in [0.25, 0.3) is 15.9 Å². The summed E-state index contributed by atoms with van der Waals surface area (Å²) in [5, 5.41) is 3.90. The van der Waals surface area contributed by atoms with E-state index in [9.17, 15) is 12.8 Å². The summed E-state index contributed by atoms with van der Waals surface area (Å²) < 4.78 is 53.5. The lowest BCUT2D eigenvalue weighted by molar-refractivity contribution is 0.414. The molecule has 2 aromatic heterocycles. The Hall–Kier alpha value is -4.51. The Balaban J connectivity index is 1.25. The molecule has 0 unspecified atom stereocenters. The molecule has 36 heavy (non-hydrogen) atoms. The van der Waals surface area contributed by atoms with Crippen LogP contribution in [-0.2, 0) is 16.6 Å². The zero-order chi connectivity index (χ0) is 25.1. The van der Waals surface area contributed by atoms with Crippen LogP contribution in [0.15, 0.2) is 94.7 Å². The van der Waals surface area contributed by atoms with Gasteiger partial charge in [0.2, 0.25) is 5.82 Å². The minimum absolute atomic E-state index is 0.139. The third-order valence-electron chi connectivity index (χ3n) is 5.30. The molecule has 5 rings (SSSR count). The summed E-state index contributed by atoms with van der Waals surface area (Å²) in [5.41, 5.74) is 2.36. The van der Waals surface area contributed by atoms with E-state index in [4.69, 9.17) is 9.26 Å². The van der Waals surface area contributed by atoms with Crippen LogP contribution < -0.4 is 9.46 Å². The lowest BCUT2D eigenvalue weighted by atomic mass is 10.2. The largest absolute Gasteiger partial charge is 0.497 e. The molecule has 0 aliphatic heterocycles. The molecule has 0 amide bonds. The molecule has 0 radical (unpaired) electrons. The molecule has 0 aliphatic carbocycles. The molecule has 1 N–H and O–H groups in total. The summed E-state index contributed by atoms with van der Waals surface area (Å²) in [7, 11) is -2.20. The topological polar surface area (TPSA) is 112 Å². The number of hydrogen-bond donors (Lipinski definition) is 1. The summed E-state index contributed by atoms with van der Waals surface area (Å²) >= 11 is 0. The van der Waals surface area contributed by atoms with E-state index in [1.165, 1.54) is 31.4 Å². The summed E-state index contributed by atoms with van der Waals surface area (Å²) in [6.07, 6.45) is 3.38. The number of rotatable bonds is 8. The third-order valence-corrected chi connectivity index (χ3v) is 6.70. The average molecular weight is 506 g/mol. The van der Waals surface area contributed by atoms with Crippen molar-refractivity contribution in [3.8, 4) is 28.7 Å². The predicted octanol–water partition coefficient (Wildman–Crippen LogP) is 4.60. The predicted molar refractivity (Wildman–Crippen MR) is 130 cm³/mol. The quantitative estimate of drug-likeness (QED) is 0.328. The molecular formula is C25H20FN5O4S. The van der Waals surface area contributed by atoms with Gasteiger partial charge in [-0.3, -0.25) is 4.72 Å². The Morgan fingerprint density at radius 2 is 1.83 bits per heavy atom. The molecule has 11 heteroatoms. The Morgan fingerprint density at radius 3 is 2.56 bits per heavy atom. The Kier molecular flexibility index (Phi) is 6.21. The zero-order valence-corrected chi connectivity index (χ0v) is 19.8. The minimum atomic E-state index is -3.72. The second-order valence-electron chi connectivity index (χ2n) is 7.84. The molecule has 2 heterocycles. The highest BCUT2D eigenvalue weighted by molar-refractivity contribution is 7.92. The highest BCUT2D eigenvalue weighted by atomic mass is 32.2. The maximum absolute atomic E-state index is 13.5. The van der Waals surface area contributed by atoms with Gasteiger partial charge < -0.3 is 13.8 Å². The molecule has 3 aromatic carbocycles. The molecule has 0 spiro atoms. The molecule has 182 valence electrons. The number of aromatic nitrogens is 4. The van der Waals surface area contributed by atoms with Crippen molar-refractivity contribution in [2.45, 2.75) is 11.4 Å². The molecule has 0 bridgehead atoms. The number of nitrogens with one attached hydrogen (secondary N) is 1. The Morgan fingerprint density at radius 1 is 1.06 bits per heavy atom. The van der Waals surface area contributed by atoms with Gasteiger partial charge in [-0.05, 0) is 54.1 Å². The van der Waals surface area contributed by atoms with Crippen LogP contribution in [0.3, 0.4) is 0 Å². The summed E-state index contributed by atoms with van der Waals surface area (Å²) in [5.74, 6) is 0.679. The highest BCUT2D eigenvalue weighted by Crippen LogP contribution is 2.23. The number of methoxy groups -OCH3 is 1. The second-order valence-corrected chi connectivity index (χ2v) is 9.53. The van der Waals surface area contributed by atoms with Gasteiger partial charge in [0.1, 0.15) is 17.3 Å². The Bertz CT molecular complexity index is 1600. The van der Waals surface area contributed by atoms with Gasteiger partial charge in [-0.15, -0.1) is 0 Å². The fourth-order valence-corrected chi connectivity index (χ4v) is 4.55. The number of sulfonamides is 1. The van der Waals surface area contributed by atoms with Crippen LogP contribution in [0.1, 0.15) is 5.56 Å². The Labute approximate surface area is 206 Å². The number of anilines is 1. The van der Waals surface area contributed by atoms with Crippen molar-refractivity contribution in [3.63, 3.8) is 0 Å². The smallest absolute Gasteiger partial charge is 0.278 e. The molecular weight excluding hydrogens is 485 g/mol. The van der Waals surface area contributed by atoms with Crippen molar-refractivity contribution in [1.29, 1.82) is 0 Å². The van der Waals surface area contributed by atoms with Crippen LogP contribution in [0.25, 0.3) is 23.0 Å². The lowest BCUT2D eigenvalue weighted by Gasteiger charge is -2.10. The molecule has 9 nitrogen and oxygen atoms in total. The van der Waals surface area contributed by atoms with E-state index in [1.54, 1.807) is 48.9 Å². The fourth-order valence-electron chi connectivity index (χ4n) is 3.49. The molecule has 5 aromatic rings. The first-order valence-corrected chi connectivity index (χ1v) is 12.3. The van der Waals surface area contributed by atoms with Crippen LogP contribution in [0.2, 0.25) is 0 Å². The molecule has 0 aliphatic rings. The van der Waals surface area contributed by atoms with Crippen molar-refractivity contribution in [2.75, 3.05) is 11.8 Å². The maximum Gasteiger partial charge on any atom is 0.278 e. The molecule has 0 saturated heterocycles. The molecule has 0 saturated carbocycles. The van der Waals surface area contributed by atoms with Gasteiger partial charge in [0, 0.05) is 24.0 Å². The number of ether oxygens (including phenoxy) is 1. The number of benzene rings is 3. The normalized spacial score (nSPS) is 11.4. The van der Waals surface area contributed by atoms with Crippen LogP contribution in [-0.4, -0.2) is 35.2 Å². The van der Waals surface area contributed by atoms with Crippen LogP contribution in [0, 0.1) is 5.82 Å². The second kappa shape index (κ2) is 9.62. The third kappa shape index (κ3) is 5.10. The average Bonchev–Trinajstić information content (AvgIpc) is 3.55. The number of hydrogen-bond acceptors (Lipinski definition) is 7. The standard InChI is InChI=1S/C25H20FN5O4S/c1-34-21-9-11-22(12-10-21)36(32,33)30-20-7-5-17(6-8-20)14-31-15-23(27-16-31)25-28-24(29-35-25)18-3-2-4-19(26)13-18/h2-13,15-16,30H,14H2,1H3. The lowest BCUT2D eigenvalue weighted by Crippen LogP contribution is -2.12. The van der Waals surface area contributed by atoms with Gasteiger partial charge in [-0.25, -0.2) is 17.8 Å². The number of imidazole rings is 1. The van der Waals surface area contributed by atoms with Crippen molar-refractivity contribution >= 4 is 15.7 Å². The van der Waals surface area contributed by atoms with E-state index in [1.807, 2.05) is 16.7 Å². The number of halogens is 1. The SMILES string of the molecule is COc1ccc(S(=O)(=O)Nc2ccc(Cn3cnc(-c4nc(-c5cccc(F)c5)no4)c3)cc2)cc1. The van der Waals surface area contributed by atoms with Gasteiger partial charge in [-0.2, -0.15) is 4.98 Å². The van der Waals surface area contributed by atoms with Crippen molar-refractivity contribution in [1.82, 2.24) is 19.7 Å². The fraction of sp³-hybridized carbons (Fsp3) is 0.0800. The van der Waals surface area contributed by atoms with Crippen molar-refractivity contribution in [3.05, 3.63) is 96.7 Å². The highest BCUT2D eigenvalue weighted by Gasteiger charge is 2.15. The minimum Gasteiger partial charge on any atom is -0.497 e. The van der Waals surface area contributed by atoms with E-state index in [0.29, 0.717) is 29.2 Å². The first-order chi connectivity index (χ1) is 17.4. The van der Waals surface area contributed by atoms with Crippen LogP contribution >= 0.6 is 0 Å². The van der Waals surface area contributed by atoms with Crippen molar-refractivity contribution < 1.29 is 22.1 Å². The van der Waals surface area contributed by atoms with E-state index < -0.39 is 10.0 Å². The zero-order valence-electron chi connectivity index (χ0n) is 19.0. The van der Waals surface area contributed by atoms with E-state index >= 15 is 0 Å².